The van der Waals surface area contributed by atoms with Gasteiger partial charge in [-0.15, -0.1) is 16.7 Å². The molecule has 0 aliphatic carbocycles. The number of benzene rings is 2. The molecule has 7 nitrogen and oxygen atoms in total. The van der Waals surface area contributed by atoms with Gasteiger partial charge in [-0.25, -0.2) is 4.68 Å². The molecule has 2 atom stereocenters. The number of aromatic nitrogens is 3. The minimum absolute atomic E-state index is 0.0902. The standard InChI is InChI=1S/C25H31Cl2N3O4/c1-17(11-26)15-34-24-9-6-19(10-23(24)27)25(2,3)18-4-7-22(8-5-18)33-16-21(32)13-30-20(14-31)12-28-29-30/h4-10,12,17,21,31-32H,11,13-16H2,1-3H3. The molecule has 0 amide bonds. The molecule has 2 aromatic carbocycles. The molecule has 1 heterocycles. The van der Waals surface area contributed by atoms with Gasteiger partial charge in [-0.05, 0) is 35.4 Å². The number of nitrogens with zero attached hydrogens (tertiary/aromatic N) is 3. The first-order valence-corrected chi connectivity index (χ1v) is 12.0. The third-order valence-corrected chi connectivity index (χ3v) is 6.52. The van der Waals surface area contributed by atoms with E-state index >= 15 is 0 Å². The van der Waals surface area contributed by atoms with E-state index in [2.05, 4.69) is 24.2 Å². The lowest BCUT2D eigenvalue weighted by atomic mass is 9.78. The summed E-state index contributed by atoms with van der Waals surface area (Å²) in [5.41, 5.74) is 2.40. The van der Waals surface area contributed by atoms with Crippen molar-refractivity contribution in [1.29, 1.82) is 0 Å². The monoisotopic (exact) mass is 507 g/mol. The number of aliphatic hydroxyl groups is 2. The van der Waals surface area contributed by atoms with Gasteiger partial charge < -0.3 is 19.7 Å². The highest BCUT2D eigenvalue weighted by Gasteiger charge is 2.24. The summed E-state index contributed by atoms with van der Waals surface area (Å²) >= 11 is 12.3. The van der Waals surface area contributed by atoms with Crippen LogP contribution >= 0.6 is 23.2 Å². The van der Waals surface area contributed by atoms with Crippen LogP contribution < -0.4 is 9.47 Å². The zero-order chi connectivity index (χ0) is 24.7. The number of rotatable bonds is 12. The number of aliphatic hydroxyl groups excluding tert-OH is 2. The van der Waals surface area contributed by atoms with E-state index in [-0.39, 0.29) is 31.1 Å². The first-order valence-electron chi connectivity index (χ1n) is 11.1. The van der Waals surface area contributed by atoms with Crippen LogP contribution in [0.25, 0.3) is 0 Å². The van der Waals surface area contributed by atoms with Gasteiger partial charge in [0.25, 0.3) is 0 Å². The lowest BCUT2D eigenvalue weighted by molar-refractivity contribution is 0.0866. The predicted octanol–water partition coefficient (Wildman–Crippen LogP) is 4.44. The Bertz CT molecular complexity index is 1060. The first kappa shape index (κ1) is 26.3. The molecule has 0 bridgehead atoms. The number of hydrogen-bond donors (Lipinski definition) is 2. The second-order valence-electron chi connectivity index (χ2n) is 8.90. The summed E-state index contributed by atoms with van der Waals surface area (Å²) in [6.07, 6.45) is 0.669. The van der Waals surface area contributed by atoms with Crippen LogP contribution in [-0.2, 0) is 18.6 Å². The van der Waals surface area contributed by atoms with Gasteiger partial charge in [-0.1, -0.05) is 55.8 Å². The molecule has 9 heteroatoms. The first-order chi connectivity index (χ1) is 16.2. The Morgan fingerprint density at radius 3 is 2.41 bits per heavy atom. The van der Waals surface area contributed by atoms with Crippen LogP contribution in [0.15, 0.2) is 48.7 Å². The van der Waals surface area contributed by atoms with Crippen LogP contribution in [0, 0.1) is 5.92 Å². The van der Waals surface area contributed by atoms with Crippen LogP contribution in [0.3, 0.4) is 0 Å². The molecule has 3 rings (SSSR count). The summed E-state index contributed by atoms with van der Waals surface area (Å²) in [4.78, 5) is 0. The third-order valence-electron chi connectivity index (χ3n) is 5.70. The van der Waals surface area contributed by atoms with Gasteiger partial charge in [-0.3, -0.25) is 0 Å². The lowest BCUT2D eigenvalue weighted by Crippen LogP contribution is -2.25. The Hall–Kier alpha value is -2.32. The maximum atomic E-state index is 10.2. The van der Waals surface area contributed by atoms with Gasteiger partial charge in [0.2, 0.25) is 0 Å². The molecule has 1 aromatic heterocycles. The van der Waals surface area contributed by atoms with E-state index in [1.54, 1.807) is 0 Å². The Morgan fingerprint density at radius 1 is 1.06 bits per heavy atom. The third kappa shape index (κ3) is 6.63. The van der Waals surface area contributed by atoms with Crippen LogP contribution in [0.2, 0.25) is 5.02 Å². The van der Waals surface area contributed by atoms with Crippen molar-refractivity contribution >= 4 is 23.2 Å². The molecule has 2 N–H and O–H groups in total. The summed E-state index contributed by atoms with van der Waals surface area (Å²) in [6.45, 7) is 6.89. The Balaban J connectivity index is 1.61. The number of halogens is 2. The quantitative estimate of drug-likeness (QED) is 0.352. The van der Waals surface area contributed by atoms with Crippen LogP contribution in [0.1, 0.15) is 37.6 Å². The second-order valence-corrected chi connectivity index (χ2v) is 9.61. The molecule has 0 saturated carbocycles. The summed E-state index contributed by atoms with van der Waals surface area (Å²) in [5, 5.41) is 27.6. The van der Waals surface area contributed by atoms with Crippen molar-refractivity contribution in [2.45, 2.75) is 45.4 Å². The molecule has 0 aliphatic heterocycles. The van der Waals surface area contributed by atoms with Crippen molar-refractivity contribution in [2.24, 2.45) is 5.92 Å². The van der Waals surface area contributed by atoms with E-state index in [4.69, 9.17) is 32.7 Å². The molecule has 0 radical (unpaired) electrons. The number of alkyl halides is 1. The average molecular weight is 508 g/mol. The van der Waals surface area contributed by atoms with Crippen LogP contribution in [-0.4, -0.2) is 50.4 Å². The maximum Gasteiger partial charge on any atom is 0.137 e. The maximum absolute atomic E-state index is 10.2. The van der Waals surface area contributed by atoms with E-state index in [1.807, 2.05) is 49.4 Å². The fourth-order valence-electron chi connectivity index (χ4n) is 3.42. The van der Waals surface area contributed by atoms with Crippen molar-refractivity contribution in [3.05, 3.63) is 70.5 Å². The topological polar surface area (TPSA) is 89.6 Å². The van der Waals surface area contributed by atoms with Crippen LogP contribution in [0.5, 0.6) is 11.5 Å². The molecule has 0 fully saturated rings. The van der Waals surface area contributed by atoms with E-state index < -0.39 is 6.10 Å². The number of hydrogen-bond acceptors (Lipinski definition) is 6. The molecule has 3 aromatic rings. The molecule has 0 saturated heterocycles. The summed E-state index contributed by atoms with van der Waals surface area (Å²) in [6, 6.07) is 13.6. The minimum atomic E-state index is -0.793. The SMILES string of the molecule is CC(CCl)COc1ccc(C(C)(C)c2ccc(OCC(O)Cn3nncc3CO)cc2)cc1Cl. The summed E-state index contributed by atoms with van der Waals surface area (Å²) in [5.74, 6) is 2.08. The Labute approximate surface area is 210 Å². The van der Waals surface area contributed by atoms with Crippen molar-refractivity contribution in [2.75, 3.05) is 19.1 Å². The van der Waals surface area contributed by atoms with Gasteiger partial charge >= 0.3 is 0 Å². The van der Waals surface area contributed by atoms with E-state index in [0.29, 0.717) is 34.7 Å². The normalized spacial score (nSPS) is 13.5. The summed E-state index contributed by atoms with van der Waals surface area (Å²) in [7, 11) is 0. The molecule has 0 spiro atoms. The van der Waals surface area contributed by atoms with Gasteiger partial charge in [0.15, 0.2) is 0 Å². The van der Waals surface area contributed by atoms with E-state index in [1.165, 1.54) is 10.9 Å². The molecule has 2 unspecified atom stereocenters. The molecular formula is C25H31Cl2N3O4. The molecule has 34 heavy (non-hydrogen) atoms. The molecular weight excluding hydrogens is 477 g/mol. The van der Waals surface area contributed by atoms with Crippen molar-refractivity contribution < 1.29 is 19.7 Å². The van der Waals surface area contributed by atoms with Gasteiger partial charge in [0.05, 0.1) is 36.7 Å². The number of ether oxygens (including phenoxy) is 2. The van der Waals surface area contributed by atoms with Crippen molar-refractivity contribution in [3.8, 4) is 11.5 Å². The highest BCUT2D eigenvalue weighted by Crippen LogP contribution is 2.36. The highest BCUT2D eigenvalue weighted by atomic mass is 35.5. The predicted molar refractivity (Wildman–Crippen MR) is 133 cm³/mol. The van der Waals surface area contributed by atoms with Crippen molar-refractivity contribution in [1.82, 2.24) is 15.0 Å². The average Bonchev–Trinajstić information content (AvgIpc) is 3.28. The van der Waals surface area contributed by atoms with Gasteiger partial charge in [-0.2, -0.15) is 0 Å². The zero-order valence-corrected chi connectivity index (χ0v) is 21.1. The van der Waals surface area contributed by atoms with E-state index in [0.717, 1.165) is 11.1 Å². The molecule has 0 aliphatic rings. The Kier molecular flexibility index (Phi) is 9.19. The highest BCUT2D eigenvalue weighted by molar-refractivity contribution is 6.32. The minimum Gasteiger partial charge on any atom is -0.492 e. The fraction of sp³-hybridized carbons (Fsp3) is 0.440. The van der Waals surface area contributed by atoms with E-state index in [9.17, 15) is 10.2 Å². The smallest absolute Gasteiger partial charge is 0.137 e. The Morgan fingerprint density at radius 2 is 1.76 bits per heavy atom. The lowest BCUT2D eigenvalue weighted by Gasteiger charge is -2.27. The van der Waals surface area contributed by atoms with Crippen LogP contribution in [0.4, 0.5) is 0 Å². The fourth-order valence-corrected chi connectivity index (χ4v) is 3.74. The van der Waals surface area contributed by atoms with Gasteiger partial charge in [0, 0.05) is 17.2 Å². The second kappa shape index (κ2) is 11.9. The van der Waals surface area contributed by atoms with Crippen molar-refractivity contribution in [3.63, 3.8) is 0 Å². The summed E-state index contributed by atoms with van der Waals surface area (Å²) < 4.78 is 13.0. The largest absolute Gasteiger partial charge is 0.492 e. The van der Waals surface area contributed by atoms with Gasteiger partial charge in [0.1, 0.15) is 24.2 Å². The molecule has 184 valence electrons. The zero-order valence-electron chi connectivity index (χ0n) is 19.6.